The molecule has 1 fully saturated rings. The number of amides is 1. The Hall–Kier alpha value is -0.770. The number of carbonyl (C=O) groups is 1. The third kappa shape index (κ3) is 4.16. The molecular formula is C13H16Cl2N2O. The highest BCUT2D eigenvalue weighted by Crippen LogP contribution is 2.23. The SMILES string of the molecule is O=C(CCNCc1c(Cl)cccc1Cl)NC1CC1. The molecule has 1 aliphatic carbocycles. The van der Waals surface area contributed by atoms with Crippen molar-refractivity contribution in [3.63, 3.8) is 0 Å². The Morgan fingerprint density at radius 3 is 2.56 bits per heavy atom. The van der Waals surface area contributed by atoms with Crippen molar-refractivity contribution in [1.82, 2.24) is 10.6 Å². The second-order valence-corrected chi connectivity index (χ2v) is 5.28. The maximum atomic E-state index is 11.4. The van der Waals surface area contributed by atoms with Gasteiger partial charge in [-0.25, -0.2) is 0 Å². The van der Waals surface area contributed by atoms with E-state index in [4.69, 9.17) is 23.2 Å². The van der Waals surface area contributed by atoms with Crippen molar-refractivity contribution in [3.8, 4) is 0 Å². The van der Waals surface area contributed by atoms with Crippen LogP contribution in [-0.4, -0.2) is 18.5 Å². The molecule has 0 radical (unpaired) electrons. The van der Waals surface area contributed by atoms with Crippen LogP contribution in [0.2, 0.25) is 10.0 Å². The Morgan fingerprint density at radius 1 is 1.28 bits per heavy atom. The first kappa shape index (κ1) is 13.7. The van der Waals surface area contributed by atoms with Crippen LogP contribution >= 0.6 is 23.2 Å². The van der Waals surface area contributed by atoms with E-state index in [0.29, 0.717) is 35.6 Å². The largest absolute Gasteiger partial charge is 0.353 e. The summed E-state index contributed by atoms with van der Waals surface area (Å²) in [6.07, 6.45) is 2.72. The summed E-state index contributed by atoms with van der Waals surface area (Å²) in [7, 11) is 0. The molecule has 0 aliphatic heterocycles. The van der Waals surface area contributed by atoms with Gasteiger partial charge in [-0.2, -0.15) is 0 Å². The lowest BCUT2D eigenvalue weighted by molar-refractivity contribution is -0.121. The molecule has 98 valence electrons. The van der Waals surface area contributed by atoms with E-state index in [1.54, 1.807) is 0 Å². The van der Waals surface area contributed by atoms with Crippen LogP contribution in [0.25, 0.3) is 0 Å². The Kier molecular flexibility index (Phi) is 4.87. The van der Waals surface area contributed by atoms with Gasteiger partial charge in [0.1, 0.15) is 0 Å². The minimum absolute atomic E-state index is 0.107. The monoisotopic (exact) mass is 286 g/mol. The van der Waals surface area contributed by atoms with Crippen LogP contribution in [0.3, 0.4) is 0 Å². The lowest BCUT2D eigenvalue weighted by Crippen LogP contribution is -2.29. The smallest absolute Gasteiger partial charge is 0.221 e. The summed E-state index contributed by atoms with van der Waals surface area (Å²) < 4.78 is 0. The molecule has 0 atom stereocenters. The Morgan fingerprint density at radius 2 is 1.94 bits per heavy atom. The van der Waals surface area contributed by atoms with Crippen molar-refractivity contribution in [2.75, 3.05) is 6.54 Å². The van der Waals surface area contributed by atoms with Crippen molar-refractivity contribution in [1.29, 1.82) is 0 Å². The van der Waals surface area contributed by atoms with Crippen LogP contribution in [0.4, 0.5) is 0 Å². The van der Waals surface area contributed by atoms with Crippen LogP contribution in [0.15, 0.2) is 18.2 Å². The van der Waals surface area contributed by atoms with E-state index in [1.807, 2.05) is 18.2 Å². The van der Waals surface area contributed by atoms with Crippen molar-refractivity contribution in [2.45, 2.75) is 31.8 Å². The van der Waals surface area contributed by atoms with E-state index >= 15 is 0 Å². The van der Waals surface area contributed by atoms with Gasteiger partial charge in [-0.1, -0.05) is 29.3 Å². The normalized spacial score (nSPS) is 14.6. The fraction of sp³-hybridized carbons (Fsp3) is 0.462. The van der Waals surface area contributed by atoms with Crippen LogP contribution in [0.1, 0.15) is 24.8 Å². The number of halogens is 2. The Labute approximate surface area is 117 Å². The Balaban J connectivity index is 1.69. The van der Waals surface area contributed by atoms with Crippen LogP contribution < -0.4 is 10.6 Å². The second kappa shape index (κ2) is 6.41. The average Bonchev–Trinajstić information content (AvgIpc) is 3.11. The number of hydrogen-bond acceptors (Lipinski definition) is 2. The highest BCUT2D eigenvalue weighted by Gasteiger charge is 2.22. The highest BCUT2D eigenvalue weighted by molar-refractivity contribution is 6.35. The molecule has 1 amide bonds. The van der Waals surface area contributed by atoms with Crippen molar-refractivity contribution < 1.29 is 4.79 Å². The topological polar surface area (TPSA) is 41.1 Å². The van der Waals surface area contributed by atoms with E-state index < -0.39 is 0 Å². The summed E-state index contributed by atoms with van der Waals surface area (Å²) in [6, 6.07) is 5.86. The molecule has 0 saturated heterocycles. The van der Waals surface area contributed by atoms with Crippen molar-refractivity contribution in [2.24, 2.45) is 0 Å². The molecule has 0 spiro atoms. The standard InChI is InChI=1S/C13H16Cl2N2O/c14-11-2-1-3-12(15)10(11)8-16-7-6-13(18)17-9-4-5-9/h1-3,9,16H,4-8H2,(H,17,18). The first-order valence-corrected chi connectivity index (χ1v) is 6.85. The number of nitrogens with one attached hydrogen (secondary N) is 2. The first-order chi connectivity index (χ1) is 8.66. The maximum Gasteiger partial charge on any atom is 0.221 e. The number of rotatable bonds is 6. The zero-order valence-electron chi connectivity index (χ0n) is 10.0. The second-order valence-electron chi connectivity index (χ2n) is 4.47. The molecule has 0 bridgehead atoms. The minimum Gasteiger partial charge on any atom is -0.353 e. The molecule has 0 unspecified atom stereocenters. The molecule has 1 saturated carbocycles. The van der Waals surface area contributed by atoms with Gasteiger partial charge in [0.2, 0.25) is 5.91 Å². The van der Waals surface area contributed by atoms with Crippen LogP contribution in [-0.2, 0) is 11.3 Å². The molecule has 0 aromatic heterocycles. The molecule has 2 N–H and O–H groups in total. The number of benzene rings is 1. The molecule has 18 heavy (non-hydrogen) atoms. The van der Waals surface area contributed by atoms with Gasteiger partial charge in [0.05, 0.1) is 0 Å². The van der Waals surface area contributed by atoms with Gasteiger partial charge in [-0.05, 0) is 25.0 Å². The quantitative estimate of drug-likeness (QED) is 0.790. The number of carbonyl (C=O) groups excluding carboxylic acids is 1. The molecule has 5 heteroatoms. The van der Waals surface area contributed by atoms with Gasteiger partial charge in [-0.3, -0.25) is 4.79 Å². The van der Waals surface area contributed by atoms with Crippen molar-refractivity contribution >= 4 is 29.1 Å². The summed E-state index contributed by atoms with van der Waals surface area (Å²) in [4.78, 5) is 11.4. The lowest BCUT2D eigenvalue weighted by Gasteiger charge is -2.08. The minimum atomic E-state index is 0.107. The summed E-state index contributed by atoms with van der Waals surface area (Å²) in [5.41, 5.74) is 0.878. The molecule has 1 aromatic carbocycles. The predicted octanol–water partition coefficient (Wildman–Crippen LogP) is 2.75. The van der Waals surface area contributed by atoms with Gasteiger partial charge in [0.25, 0.3) is 0 Å². The van der Waals surface area contributed by atoms with Gasteiger partial charge in [-0.15, -0.1) is 0 Å². The van der Waals surface area contributed by atoms with Gasteiger partial charge >= 0.3 is 0 Å². The van der Waals surface area contributed by atoms with E-state index in [1.165, 1.54) is 0 Å². The fourth-order valence-electron chi connectivity index (χ4n) is 1.64. The fourth-order valence-corrected chi connectivity index (χ4v) is 2.18. The summed E-state index contributed by atoms with van der Waals surface area (Å²) in [6.45, 7) is 1.20. The Bertz CT molecular complexity index is 413. The summed E-state index contributed by atoms with van der Waals surface area (Å²) >= 11 is 12.1. The highest BCUT2D eigenvalue weighted by atomic mass is 35.5. The first-order valence-electron chi connectivity index (χ1n) is 6.10. The summed E-state index contributed by atoms with van der Waals surface area (Å²) in [5.74, 6) is 0.107. The van der Waals surface area contributed by atoms with E-state index in [2.05, 4.69) is 10.6 Å². The van der Waals surface area contributed by atoms with E-state index in [9.17, 15) is 4.79 Å². The zero-order valence-corrected chi connectivity index (χ0v) is 11.5. The molecule has 1 aliphatic rings. The molecule has 2 rings (SSSR count). The van der Waals surface area contributed by atoms with Crippen LogP contribution in [0.5, 0.6) is 0 Å². The van der Waals surface area contributed by atoms with E-state index in [0.717, 1.165) is 18.4 Å². The van der Waals surface area contributed by atoms with Gasteiger partial charge in [0, 0.05) is 41.2 Å². The van der Waals surface area contributed by atoms with Crippen LogP contribution in [0, 0.1) is 0 Å². The molecule has 0 heterocycles. The lowest BCUT2D eigenvalue weighted by atomic mass is 10.2. The maximum absolute atomic E-state index is 11.4. The summed E-state index contributed by atoms with van der Waals surface area (Å²) in [5, 5.41) is 7.42. The molecular weight excluding hydrogens is 271 g/mol. The van der Waals surface area contributed by atoms with Gasteiger partial charge < -0.3 is 10.6 Å². The third-order valence-electron chi connectivity index (χ3n) is 2.83. The molecule has 1 aromatic rings. The number of hydrogen-bond donors (Lipinski definition) is 2. The third-order valence-corrected chi connectivity index (χ3v) is 3.54. The zero-order chi connectivity index (χ0) is 13.0. The predicted molar refractivity (Wildman–Crippen MR) is 74.0 cm³/mol. The average molecular weight is 287 g/mol. The molecule has 3 nitrogen and oxygen atoms in total. The van der Waals surface area contributed by atoms with Crippen molar-refractivity contribution in [3.05, 3.63) is 33.8 Å². The van der Waals surface area contributed by atoms with Gasteiger partial charge in [0.15, 0.2) is 0 Å². The van der Waals surface area contributed by atoms with E-state index in [-0.39, 0.29) is 5.91 Å².